The molecule has 4 rings (SSSR count). The van der Waals surface area contributed by atoms with Crippen LogP contribution in [0.2, 0.25) is 0 Å². The number of ether oxygens (including phenoxy) is 2. The van der Waals surface area contributed by atoms with E-state index in [0.29, 0.717) is 17.9 Å². The number of nitrogens with one attached hydrogen (secondary N) is 1. The third kappa shape index (κ3) is 5.20. The van der Waals surface area contributed by atoms with Crippen molar-refractivity contribution in [3.05, 3.63) is 90.0 Å². The summed E-state index contributed by atoms with van der Waals surface area (Å²) in [5, 5.41) is 9.09. The topological polar surface area (TPSA) is 80.2 Å². The first kappa shape index (κ1) is 22.1. The van der Waals surface area contributed by atoms with Crippen LogP contribution in [0.3, 0.4) is 0 Å². The molecule has 0 bridgehead atoms. The highest BCUT2D eigenvalue weighted by Gasteiger charge is 2.33. The molecule has 3 aromatic rings. The van der Waals surface area contributed by atoms with E-state index in [0.717, 1.165) is 16.8 Å². The predicted octanol–water partition coefficient (Wildman–Crippen LogP) is 4.49. The van der Waals surface area contributed by atoms with Crippen molar-refractivity contribution in [2.75, 3.05) is 24.0 Å². The van der Waals surface area contributed by atoms with Gasteiger partial charge in [0.05, 0.1) is 24.5 Å². The average Bonchev–Trinajstić information content (AvgIpc) is 3.29. The Morgan fingerprint density at radius 1 is 1.03 bits per heavy atom. The Morgan fingerprint density at radius 2 is 1.73 bits per heavy atom. The van der Waals surface area contributed by atoms with E-state index in [1.54, 1.807) is 12.1 Å². The van der Waals surface area contributed by atoms with E-state index >= 15 is 0 Å². The maximum atomic E-state index is 12.7. The lowest BCUT2D eigenvalue weighted by Crippen LogP contribution is -2.24. The fourth-order valence-corrected chi connectivity index (χ4v) is 3.71. The van der Waals surface area contributed by atoms with Crippen LogP contribution in [0.15, 0.2) is 84.0 Å². The van der Waals surface area contributed by atoms with E-state index in [-0.39, 0.29) is 11.8 Å². The first-order valence-electron chi connectivity index (χ1n) is 10.6. The number of esters is 1. The quantitative estimate of drug-likeness (QED) is 0.544. The zero-order valence-corrected chi connectivity index (χ0v) is 18.5. The van der Waals surface area contributed by atoms with Crippen molar-refractivity contribution in [1.29, 1.82) is 0 Å². The number of aryl methyl sites for hydroxylation is 1. The Bertz CT molecular complexity index is 1160. The van der Waals surface area contributed by atoms with Crippen molar-refractivity contribution in [2.24, 2.45) is 5.10 Å². The van der Waals surface area contributed by atoms with Crippen LogP contribution < -0.4 is 15.1 Å². The summed E-state index contributed by atoms with van der Waals surface area (Å²) in [4.78, 5) is 25.1. The van der Waals surface area contributed by atoms with Gasteiger partial charge >= 0.3 is 5.97 Å². The monoisotopic (exact) mass is 443 g/mol. The van der Waals surface area contributed by atoms with Gasteiger partial charge in [0.1, 0.15) is 11.5 Å². The van der Waals surface area contributed by atoms with E-state index in [4.69, 9.17) is 9.47 Å². The van der Waals surface area contributed by atoms with E-state index in [1.165, 1.54) is 7.11 Å². The van der Waals surface area contributed by atoms with Gasteiger partial charge in [0.15, 0.2) is 6.61 Å². The van der Waals surface area contributed by atoms with Crippen LogP contribution in [0, 0.1) is 6.92 Å². The minimum absolute atomic E-state index is 0.137. The van der Waals surface area contributed by atoms with Crippen LogP contribution in [0.25, 0.3) is 0 Å². The molecule has 0 aliphatic carbocycles. The van der Waals surface area contributed by atoms with Gasteiger partial charge < -0.3 is 14.8 Å². The predicted molar refractivity (Wildman–Crippen MR) is 127 cm³/mol. The van der Waals surface area contributed by atoms with Crippen LogP contribution in [0.4, 0.5) is 11.4 Å². The third-order valence-corrected chi connectivity index (χ3v) is 5.31. The summed E-state index contributed by atoms with van der Waals surface area (Å²) in [6.07, 6.45) is 0.380. The number of rotatable bonds is 7. The molecule has 7 nitrogen and oxygen atoms in total. The number of anilines is 2. The molecule has 0 radical (unpaired) electrons. The highest BCUT2D eigenvalue weighted by Crippen LogP contribution is 2.35. The van der Waals surface area contributed by atoms with Gasteiger partial charge in [-0.25, -0.2) is 4.79 Å². The zero-order chi connectivity index (χ0) is 23.2. The van der Waals surface area contributed by atoms with Gasteiger partial charge in [-0.1, -0.05) is 54.6 Å². The molecule has 7 heteroatoms. The van der Waals surface area contributed by atoms with Crippen LogP contribution in [0.5, 0.6) is 5.75 Å². The second kappa shape index (κ2) is 9.99. The molecule has 1 unspecified atom stereocenters. The molecule has 1 atom stereocenters. The molecule has 168 valence electrons. The molecule has 0 fully saturated rings. The number of nitrogens with zero attached hydrogens (tertiary/aromatic N) is 2. The van der Waals surface area contributed by atoms with Gasteiger partial charge in [-0.3, -0.25) is 9.80 Å². The zero-order valence-electron chi connectivity index (χ0n) is 18.5. The number of hydrogen-bond donors (Lipinski definition) is 1. The third-order valence-electron chi connectivity index (χ3n) is 5.31. The normalized spacial score (nSPS) is 15.0. The largest absolute Gasteiger partial charge is 0.495 e. The first-order valence-corrected chi connectivity index (χ1v) is 10.6. The minimum Gasteiger partial charge on any atom is -0.495 e. The molecule has 0 saturated carbocycles. The van der Waals surface area contributed by atoms with E-state index in [2.05, 4.69) is 10.4 Å². The van der Waals surface area contributed by atoms with Crippen LogP contribution in [0.1, 0.15) is 23.6 Å². The smallest absolute Gasteiger partial charge is 0.355 e. The lowest BCUT2D eigenvalue weighted by molar-refractivity contribution is -0.140. The van der Waals surface area contributed by atoms with Crippen molar-refractivity contribution in [3.63, 3.8) is 0 Å². The molecule has 1 aliphatic rings. The highest BCUT2D eigenvalue weighted by molar-refractivity contribution is 6.37. The van der Waals surface area contributed by atoms with Crippen LogP contribution >= 0.6 is 0 Å². The molecule has 1 aliphatic heterocycles. The number of carbonyl (C=O) groups excluding carboxylic acids is 2. The Kier molecular flexibility index (Phi) is 6.69. The summed E-state index contributed by atoms with van der Waals surface area (Å²) in [7, 11) is 1.53. The number of benzene rings is 3. The Labute approximate surface area is 192 Å². The summed E-state index contributed by atoms with van der Waals surface area (Å²) in [5.41, 5.74) is 3.68. The molecular weight excluding hydrogens is 418 g/mol. The number of para-hydroxylation sites is 1. The molecule has 1 N–H and O–H groups in total. The minimum atomic E-state index is -0.610. The maximum Gasteiger partial charge on any atom is 0.355 e. The molecule has 0 spiro atoms. The van der Waals surface area contributed by atoms with Crippen molar-refractivity contribution >= 4 is 29.0 Å². The van der Waals surface area contributed by atoms with Crippen molar-refractivity contribution in [1.82, 2.24) is 0 Å². The van der Waals surface area contributed by atoms with Crippen LogP contribution in [-0.4, -0.2) is 31.3 Å². The first-order chi connectivity index (χ1) is 16.0. The van der Waals surface area contributed by atoms with Gasteiger partial charge in [-0.15, -0.1) is 0 Å². The molecule has 33 heavy (non-hydrogen) atoms. The van der Waals surface area contributed by atoms with Crippen molar-refractivity contribution in [3.8, 4) is 5.75 Å². The lowest BCUT2D eigenvalue weighted by atomic mass is 10.0. The fourth-order valence-electron chi connectivity index (χ4n) is 3.71. The van der Waals surface area contributed by atoms with E-state index in [1.807, 2.05) is 78.7 Å². The van der Waals surface area contributed by atoms with Gasteiger partial charge in [0.2, 0.25) is 0 Å². The molecule has 0 saturated heterocycles. The van der Waals surface area contributed by atoms with E-state index in [9.17, 15) is 9.59 Å². The number of hydrazone groups is 1. The number of methoxy groups -OCH3 is 1. The van der Waals surface area contributed by atoms with E-state index < -0.39 is 18.5 Å². The number of amides is 1. The van der Waals surface area contributed by atoms with Gasteiger partial charge in [0.25, 0.3) is 5.91 Å². The fraction of sp³-hybridized carbons (Fsp3) is 0.192. The highest BCUT2D eigenvalue weighted by atomic mass is 16.5. The molecule has 0 aromatic heterocycles. The van der Waals surface area contributed by atoms with Crippen molar-refractivity contribution < 1.29 is 19.1 Å². The SMILES string of the molecule is COc1ccc(C)cc1NC(=O)COC(=O)C1=NN(c2ccccc2)C(c2ccccc2)C1. The summed E-state index contributed by atoms with van der Waals surface area (Å²) < 4.78 is 10.6. The second-order valence-electron chi connectivity index (χ2n) is 7.69. The summed E-state index contributed by atoms with van der Waals surface area (Å²) in [5.74, 6) is -0.532. The summed E-state index contributed by atoms with van der Waals surface area (Å²) in [6, 6.07) is 24.8. The molecule has 1 heterocycles. The summed E-state index contributed by atoms with van der Waals surface area (Å²) in [6.45, 7) is 1.49. The second-order valence-corrected chi connectivity index (χ2v) is 7.69. The van der Waals surface area contributed by atoms with Crippen LogP contribution in [-0.2, 0) is 14.3 Å². The van der Waals surface area contributed by atoms with Gasteiger partial charge in [0, 0.05) is 6.42 Å². The maximum absolute atomic E-state index is 12.7. The average molecular weight is 444 g/mol. The Hall–Kier alpha value is -4.13. The molecule has 3 aromatic carbocycles. The Balaban J connectivity index is 1.44. The standard InChI is InChI=1S/C26H25N3O4/c1-18-13-14-24(32-2)21(15-18)27-25(30)17-33-26(31)22-16-23(19-9-5-3-6-10-19)29(28-22)20-11-7-4-8-12-20/h3-15,23H,16-17H2,1-2H3,(H,27,30). The number of carbonyl (C=O) groups is 2. The lowest BCUT2D eigenvalue weighted by Gasteiger charge is -2.23. The Morgan fingerprint density at radius 3 is 2.42 bits per heavy atom. The van der Waals surface area contributed by atoms with Crippen molar-refractivity contribution in [2.45, 2.75) is 19.4 Å². The molecular formula is C26H25N3O4. The molecule has 1 amide bonds. The summed E-state index contributed by atoms with van der Waals surface area (Å²) >= 11 is 0. The number of hydrogen-bond acceptors (Lipinski definition) is 6. The van der Waals surface area contributed by atoms with Gasteiger partial charge in [-0.2, -0.15) is 5.10 Å². The van der Waals surface area contributed by atoms with Gasteiger partial charge in [-0.05, 0) is 42.3 Å².